The van der Waals surface area contributed by atoms with Gasteiger partial charge in [-0.05, 0) is 25.3 Å². The maximum atomic E-state index is 13.2. The van der Waals surface area contributed by atoms with Gasteiger partial charge in [-0.3, -0.25) is 0 Å². The van der Waals surface area contributed by atoms with Crippen LogP contribution in [0, 0.1) is 0 Å². The third kappa shape index (κ3) is 13.3. The van der Waals surface area contributed by atoms with Crippen LogP contribution in [-0.2, 0) is 0 Å². The number of unbranched alkanes of at least 4 members (excludes halogenated alkanes) is 7. The molecule has 0 rings (SSSR count). The summed E-state index contributed by atoms with van der Waals surface area (Å²) in [6.45, 7) is 4.29. The van der Waals surface area contributed by atoms with E-state index in [4.69, 9.17) is 0 Å². The Balaban J connectivity index is 3.27. The first-order valence-corrected chi connectivity index (χ1v) is 7.32. The minimum atomic E-state index is 0.0284. The molecule has 0 aromatic rings. The Kier molecular flexibility index (Phi) is 13.0. The summed E-state index contributed by atoms with van der Waals surface area (Å²) in [6.07, 6.45) is 17.1. The zero-order chi connectivity index (χ0) is 12.8. The van der Waals surface area contributed by atoms with Crippen molar-refractivity contribution in [2.45, 2.75) is 78.1 Å². The molecule has 0 N–H and O–H groups in total. The average Bonchev–Trinajstić information content (AvgIpc) is 2.33. The van der Waals surface area contributed by atoms with Crippen molar-refractivity contribution in [1.29, 1.82) is 0 Å². The number of hydrogen-bond acceptors (Lipinski definition) is 0. The fourth-order valence-corrected chi connectivity index (χ4v) is 1.82. The molecule has 0 aliphatic rings. The van der Waals surface area contributed by atoms with E-state index >= 15 is 0 Å². The van der Waals surface area contributed by atoms with Gasteiger partial charge in [0, 0.05) is 0 Å². The molecule has 17 heavy (non-hydrogen) atoms. The molecule has 0 atom stereocenters. The standard InChI is InChI=1S/C16H29F/c1-3-5-7-8-9-10-11-13-15-16(17)14-12-6-4-2/h6,12,14H,3-5,7-11,13,15H2,1-2H3/b12-6+,16-14+. The van der Waals surface area contributed by atoms with Crippen LogP contribution in [0.25, 0.3) is 0 Å². The van der Waals surface area contributed by atoms with Gasteiger partial charge in [0.25, 0.3) is 0 Å². The molecule has 0 amide bonds. The number of allylic oxidation sites excluding steroid dienone is 4. The van der Waals surface area contributed by atoms with Crippen molar-refractivity contribution < 1.29 is 4.39 Å². The molecule has 0 fully saturated rings. The summed E-state index contributed by atoms with van der Waals surface area (Å²) in [5.41, 5.74) is 0. The van der Waals surface area contributed by atoms with Gasteiger partial charge in [-0.25, -0.2) is 4.39 Å². The lowest BCUT2D eigenvalue weighted by Gasteiger charge is -2.00. The van der Waals surface area contributed by atoms with Crippen LogP contribution in [0.15, 0.2) is 24.1 Å². The zero-order valence-electron chi connectivity index (χ0n) is 11.7. The summed E-state index contributed by atoms with van der Waals surface area (Å²) in [5.74, 6) is 0.0284. The van der Waals surface area contributed by atoms with Crippen molar-refractivity contribution in [3.8, 4) is 0 Å². The lowest BCUT2D eigenvalue weighted by atomic mass is 10.1. The summed E-state index contributed by atoms with van der Waals surface area (Å²) < 4.78 is 13.2. The highest BCUT2D eigenvalue weighted by Crippen LogP contribution is 2.13. The van der Waals surface area contributed by atoms with Crippen LogP contribution < -0.4 is 0 Å². The normalized spacial score (nSPS) is 12.5. The first kappa shape index (κ1) is 16.4. The van der Waals surface area contributed by atoms with E-state index in [9.17, 15) is 4.39 Å². The first-order valence-electron chi connectivity index (χ1n) is 7.32. The van der Waals surface area contributed by atoms with Crippen LogP contribution in [0.3, 0.4) is 0 Å². The highest BCUT2D eigenvalue weighted by Gasteiger charge is 1.95. The second-order valence-electron chi connectivity index (χ2n) is 4.67. The molecule has 0 aliphatic heterocycles. The molecule has 1 heteroatoms. The van der Waals surface area contributed by atoms with Crippen molar-refractivity contribution >= 4 is 0 Å². The van der Waals surface area contributed by atoms with E-state index in [1.165, 1.54) is 44.9 Å². The quantitative estimate of drug-likeness (QED) is 0.292. The van der Waals surface area contributed by atoms with E-state index in [1.807, 2.05) is 12.2 Å². The van der Waals surface area contributed by atoms with Gasteiger partial charge in [0.05, 0.1) is 5.83 Å². The Morgan fingerprint density at radius 3 is 2.06 bits per heavy atom. The predicted octanol–water partition coefficient (Wildman–Crippen LogP) is 6.34. The SMILES string of the molecule is CC/C=C/C=C(/F)CCCCCCCCCC. The number of rotatable bonds is 11. The maximum Gasteiger partial charge on any atom is 0.0999 e. The van der Waals surface area contributed by atoms with E-state index in [-0.39, 0.29) is 5.83 Å². The van der Waals surface area contributed by atoms with E-state index < -0.39 is 0 Å². The molecule has 0 unspecified atom stereocenters. The molecule has 0 nitrogen and oxygen atoms in total. The van der Waals surface area contributed by atoms with Crippen molar-refractivity contribution in [2.24, 2.45) is 0 Å². The van der Waals surface area contributed by atoms with Gasteiger partial charge in [0.1, 0.15) is 0 Å². The van der Waals surface area contributed by atoms with Crippen molar-refractivity contribution in [1.82, 2.24) is 0 Å². The first-order chi connectivity index (χ1) is 8.31. The van der Waals surface area contributed by atoms with E-state index in [2.05, 4.69) is 13.8 Å². The summed E-state index contributed by atoms with van der Waals surface area (Å²) in [4.78, 5) is 0. The number of halogens is 1. The summed E-state index contributed by atoms with van der Waals surface area (Å²) in [6, 6.07) is 0. The minimum Gasteiger partial charge on any atom is -0.212 e. The molecule has 100 valence electrons. The van der Waals surface area contributed by atoms with Crippen molar-refractivity contribution in [2.75, 3.05) is 0 Å². The van der Waals surface area contributed by atoms with Crippen LogP contribution in [0.1, 0.15) is 78.1 Å². The van der Waals surface area contributed by atoms with Crippen LogP contribution in [0.4, 0.5) is 4.39 Å². The predicted molar refractivity (Wildman–Crippen MR) is 75.8 cm³/mol. The highest BCUT2D eigenvalue weighted by molar-refractivity contribution is 5.06. The number of hydrogen-bond donors (Lipinski definition) is 0. The van der Waals surface area contributed by atoms with Crippen LogP contribution >= 0.6 is 0 Å². The molecule has 0 saturated carbocycles. The molecule has 0 saturated heterocycles. The van der Waals surface area contributed by atoms with Crippen LogP contribution in [0.5, 0.6) is 0 Å². The van der Waals surface area contributed by atoms with Gasteiger partial charge in [-0.15, -0.1) is 0 Å². The van der Waals surface area contributed by atoms with E-state index in [0.717, 1.165) is 12.8 Å². The Hall–Kier alpha value is -0.590. The highest BCUT2D eigenvalue weighted by atomic mass is 19.1. The Morgan fingerprint density at radius 2 is 1.47 bits per heavy atom. The fourth-order valence-electron chi connectivity index (χ4n) is 1.82. The minimum absolute atomic E-state index is 0.0284. The van der Waals surface area contributed by atoms with Gasteiger partial charge in [-0.2, -0.15) is 0 Å². The average molecular weight is 240 g/mol. The van der Waals surface area contributed by atoms with Gasteiger partial charge in [0.2, 0.25) is 0 Å². The molecule has 0 radical (unpaired) electrons. The van der Waals surface area contributed by atoms with Gasteiger partial charge >= 0.3 is 0 Å². The fraction of sp³-hybridized carbons (Fsp3) is 0.750. The molecule has 0 aliphatic carbocycles. The Morgan fingerprint density at radius 1 is 0.882 bits per heavy atom. The second kappa shape index (κ2) is 13.5. The second-order valence-corrected chi connectivity index (χ2v) is 4.67. The summed E-state index contributed by atoms with van der Waals surface area (Å²) in [7, 11) is 0. The molecule has 0 aromatic carbocycles. The Labute approximate surface area is 107 Å². The van der Waals surface area contributed by atoms with Gasteiger partial charge in [-0.1, -0.05) is 70.9 Å². The summed E-state index contributed by atoms with van der Waals surface area (Å²) in [5, 5.41) is 0. The molecular formula is C16H29F. The van der Waals surface area contributed by atoms with E-state index in [1.54, 1.807) is 6.08 Å². The lowest BCUT2D eigenvalue weighted by Crippen LogP contribution is -1.81. The van der Waals surface area contributed by atoms with Gasteiger partial charge in [0.15, 0.2) is 0 Å². The topological polar surface area (TPSA) is 0 Å². The largest absolute Gasteiger partial charge is 0.212 e. The molecular weight excluding hydrogens is 211 g/mol. The molecule has 0 heterocycles. The van der Waals surface area contributed by atoms with Crippen molar-refractivity contribution in [3.05, 3.63) is 24.1 Å². The maximum absolute atomic E-state index is 13.2. The summed E-state index contributed by atoms with van der Waals surface area (Å²) >= 11 is 0. The zero-order valence-corrected chi connectivity index (χ0v) is 11.7. The Bertz CT molecular complexity index is 204. The molecule has 0 aromatic heterocycles. The van der Waals surface area contributed by atoms with Crippen LogP contribution in [0.2, 0.25) is 0 Å². The van der Waals surface area contributed by atoms with Gasteiger partial charge < -0.3 is 0 Å². The molecule has 0 spiro atoms. The van der Waals surface area contributed by atoms with E-state index in [0.29, 0.717) is 6.42 Å². The molecule has 0 bridgehead atoms. The van der Waals surface area contributed by atoms with Crippen LogP contribution in [-0.4, -0.2) is 0 Å². The lowest BCUT2D eigenvalue weighted by molar-refractivity contribution is 0.534. The smallest absolute Gasteiger partial charge is 0.0999 e. The third-order valence-corrected chi connectivity index (χ3v) is 2.92. The third-order valence-electron chi connectivity index (χ3n) is 2.92. The monoisotopic (exact) mass is 240 g/mol. The van der Waals surface area contributed by atoms with Crippen molar-refractivity contribution in [3.63, 3.8) is 0 Å².